The summed E-state index contributed by atoms with van der Waals surface area (Å²) in [5.41, 5.74) is 1.89. The van der Waals surface area contributed by atoms with E-state index in [0.29, 0.717) is 24.4 Å². The van der Waals surface area contributed by atoms with Gasteiger partial charge in [0, 0.05) is 13.1 Å². The molecule has 0 bridgehead atoms. The molecule has 2 N–H and O–H groups in total. The van der Waals surface area contributed by atoms with Gasteiger partial charge < -0.3 is 5.32 Å². The summed E-state index contributed by atoms with van der Waals surface area (Å²) in [6.45, 7) is 0.913. The van der Waals surface area contributed by atoms with Crippen molar-refractivity contribution in [2.45, 2.75) is 17.9 Å². The second-order valence-electron chi connectivity index (χ2n) is 4.77. The molecule has 0 heterocycles. The van der Waals surface area contributed by atoms with Crippen molar-refractivity contribution in [1.82, 2.24) is 10.0 Å². The molecular weight excluding hydrogens is 284 g/mol. The standard InChI is InChI=1S/C16H20N2O2S/c1-17-13-15-9-5-6-10-16(15)21(19,20)18-12-11-14-7-3-2-4-8-14/h2-10,17-18H,11-13H2,1H3. The van der Waals surface area contributed by atoms with Crippen LogP contribution in [-0.2, 0) is 23.0 Å². The molecule has 0 aromatic heterocycles. The van der Waals surface area contributed by atoms with Gasteiger partial charge in [0.25, 0.3) is 0 Å². The highest BCUT2D eigenvalue weighted by molar-refractivity contribution is 7.89. The molecule has 0 atom stereocenters. The number of rotatable bonds is 7. The molecule has 0 unspecified atom stereocenters. The van der Waals surface area contributed by atoms with E-state index in [2.05, 4.69) is 10.0 Å². The van der Waals surface area contributed by atoms with Crippen LogP contribution in [0.5, 0.6) is 0 Å². The summed E-state index contributed by atoms with van der Waals surface area (Å²) in [6.07, 6.45) is 0.675. The van der Waals surface area contributed by atoms with Gasteiger partial charge in [-0.15, -0.1) is 0 Å². The van der Waals surface area contributed by atoms with Crippen LogP contribution in [0.4, 0.5) is 0 Å². The maximum atomic E-state index is 12.4. The molecule has 0 aliphatic rings. The van der Waals surface area contributed by atoms with Gasteiger partial charge in [0.05, 0.1) is 4.90 Å². The Hall–Kier alpha value is -1.69. The second-order valence-corrected chi connectivity index (χ2v) is 6.51. The molecule has 0 radical (unpaired) electrons. The molecule has 0 aliphatic carbocycles. The zero-order chi connectivity index (χ0) is 15.1. The van der Waals surface area contributed by atoms with Crippen LogP contribution in [0.1, 0.15) is 11.1 Å². The van der Waals surface area contributed by atoms with Gasteiger partial charge in [0.1, 0.15) is 0 Å². The van der Waals surface area contributed by atoms with Gasteiger partial charge in [-0.2, -0.15) is 0 Å². The zero-order valence-corrected chi connectivity index (χ0v) is 12.9. The van der Waals surface area contributed by atoms with E-state index in [1.54, 1.807) is 19.2 Å². The highest BCUT2D eigenvalue weighted by Crippen LogP contribution is 2.15. The lowest BCUT2D eigenvalue weighted by molar-refractivity contribution is 0.579. The zero-order valence-electron chi connectivity index (χ0n) is 12.0. The van der Waals surface area contributed by atoms with Crippen molar-refractivity contribution in [2.24, 2.45) is 0 Å². The molecule has 0 amide bonds. The Kier molecular flexibility index (Phi) is 5.50. The Morgan fingerprint density at radius 3 is 2.33 bits per heavy atom. The summed E-state index contributed by atoms with van der Waals surface area (Å²) >= 11 is 0. The Morgan fingerprint density at radius 1 is 0.952 bits per heavy atom. The average Bonchev–Trinajstić information content (AvgIpc) is 2.49. The molecular formula is C16H20N2O2S. The average molecular weight is 304 g/mol. The first kappa shape index (κ1) is 15.7. The highest BCUT2D eigenvalue weighted by Gasteiger charge is 2.16. The molecule has 0 fully saturated rings. The van der Waals surface area contributed by atoms with Crippen molar-refractivity contribution < 1.29 is 8.42 Å². The molecule has 0 saturated heterocycles. The molecule has 2 rings (SSSR count). The molecule has 0 saturated carbocycles. The van der Waals surface area contributed by atoms with Gasteiger partial charge in [-0.1, -0.05) is 48.5 Å². The lowest BCUT2D eigenvalue weighted by Gasteiger charge is -2.11. The van der Waals surface area contributed by atoms with Crippen molar-refractivity contribution in [1.29, 1.82) is 0 Å². The second kappa shape index (κ2) is 7.36. The van der Waals surface area contributed by atoms with Gasteiger partial charge in [-0.05, 0) is 30.7 Å². The minimum atomic E-state index is -3.47. The van der Waals surface area contributed by atoms with Crippen LogP contribution < -0.4 is 10.0 Å². The molecule has 21 heavy (non-hydrogen) atoms. The van der Waals surface area contributed by atoms with Crippen molar-refractivity contribution >= 4 is 10.0 Å². The largest absolute Gasteiger partial charge is 0.316 e. The fourth-order valence-corrected chi connectivity index (χ4v) is 3.42. The first-order chi connectivity index (χ1) is 10.1. The smallest absolute Gasteiger partial charge is 0.240 e. The first-order valence-corrected chi connectivity index (χ1v) is 8.38. The summed E-state index contributed by atoms with van der Waals surface area (Å²) in [4.78, 5) is 0.340. The third-order valence-electron chi connectivity index (χ3n) is 3.18. The van der Waals surface area contributed by atoms with Crippen LogP contribution in [0.2, 0.25) is 0 Å². The van der Waals surface area contributed by atoms with E-state index in [1.807, 2.05) is 42.5 Å². The Labute approximate surface area is 126 Å². The maximum Gasteiger partial charge on any atom is 0.240 e. The van der Waals surface area contributed by atoms with Crippen molar-refractivity contribution in [3.8, 4) is 0 Å². The van der Waals surface area contributed by atoms with Gasteiger partial charge in [-0.25, -0.2) is 13.1 Å². The topological polar surface area (TPSA) is 58.2 Å². The van der Waals surface area contributed by atoms with Crippen molar-refractivity contribution in [3.63, 3.8) is 0 Å². The lowest BCUT2D eigenvalue weighted by atomic mass is 10.2. The minimum absolute atomic E-state index is 0.340. The van der Waals surface area contributed by atoms with E-state index in [-0.39, 0.29) is 0 Å². The highest BCUT2D eigenvalue weighted by atomic mass is 32.2. The maximum absolute atomic E-state index is 12.4. The van der Waals surface area contributed by atoms with Crippen LogP contribution in [0, 0.1) is 0 Å². The van der Waals surface area contributed by atoms with E-state index in [9.17, 15) is 8.42 Å². The monoisotopic (exact) mass is 304 g/mol. The van der Waals surface area contributed by atoms with Gasteiger partial charge >= 0.3 is 0 Å². The molecule has 0 aliphatic heterocycles. The minimum Gasteiger partial charge on any atom is -0.316 e. The van der Waals surface area contributed by atoms with E-state index in [0.717, 1.165) is 11.1 Å². The third kappa shape index (κ3) is 4.39. The summed E-state index contributed by atoms with van der Waals surface area (Å²) in [7, 11) is -1.68. The number of sulfonamides is 1. The molecule has 2 aromatic rings. The SMILES string of the molecule is CNCc1ccccc1S(=O)(=O)NCCc1ccccc1. The van der Waals surface area contributed by atoms with Crippen LogP contribution >= 0.6 is 0 Å². The summed E-state index contributed by atoms with van der Waals surface area (Å²) in [5, 5.41) is 2.99. The normalized spacial score (nSPS) is 11.5. The van der Waals surface area contributed by atoms with Crippen LogP contribution in [0.15, 0.2) is 59.5 Å². The Balaban J connectivity index is 2.05. The van der Waals surface area contributed by atoms with Gasteiger partial charge in [0.2, 0.25) is 10.0 Å². The summed E-state index contributed by atoms with van der Waals surface area (Å²) in [6, 6.07) is 16.9. The van der Waals surface area contributed by atoms with Gasteiger partial charge in [-0.3, -0.25) is 0 Å². The van der Waals surface area contributed by atoms with Crippen LogP contribution in [0.3, 0.4) is 0 Å². The Morgan fingerprint density at radius 2 is 1.62 bits per heavy atom. The predicted molar refractivity (Wildman–Crippen MR) is 84.5 cm³/mol. The van der Waals surface area contributed by atoms with Crippen molar-refractivity contribution in [2.75, 3.05) is 13.6 Å². The third-order valence-corrected chi connectivity index (χ3v) is 4.74. The fourth-order valence-electron chi connectivity index (χ4n) is 2.15. The molecule has 2 aromatic carbocycles. The summed E-state index contributed by atoms with van der Waals surface area (Å²) in [5.74, 6) is 0. The predicted octanol–water partition coefficient (Wildman–Crippen LogP) is 1.93. The number of nitrogens with one attached hydrogen (secondary N) is 2. The number of hydrogen-bond donors (Lipinski definition) is 2. The van der Waals surface area contributed by atoms with Crippen LogP contribution in [-0.4, -0.2) is 22.0 Å². The number of benzene rings is 2. The lowest BCUT2D eigenvalue weighted by Crippen LogP contribution is -2.27. The van der Waals surface area contributed by atoms with E-state index in [1.165, 1.54) is 0 Å². The molecule has 4 nitrogen and oxygen atoms in total. The quantitative estimate of drug-likeness (QED) is 0.822. The van der Waals surface area contributed by atoms with E-state index >= 15 is 0 Å². The van der Waals surface area contributed by atoms with Crippen LogP contribution in [0.25, 0.3) is 0 Å². The fraction of sp³-hybridized carbons (Fsp3) is 0.250. The molecule has 5 heteroatoms. The van der Waals surface area contributed by atoms with Crippen molar-refractivity contribution in [3.05, 3.63) is 65.7 Å². The molecule has 0 spiro atoms. The van der Waals surface area contributed by atoms with Gasteiger partial charge in [0.15, 0.2) is 0 Å². The molecule has 112 valence electrons. The first-order valence-electron chi connectivity index (χ1n) is 6.89. The van der Waals surface area contributed by atoms with E-state index in [4.69, 9.17) is 0 Å². The van der Waals surface area contributed by atoms with E-state index < -0.39 is 10.0 Å². The Bertz CT molecular complexity index is 670. The number of hydrogen-bond acceptors (Lipinski definition) is 3. The summed E-state index contributed by atoms with van der Waals surface area (Å²) < 4.78 is 27.4.